The molecule has 0 radical (unpaired) electrons. The van der Waals surface area contributed by atoms with Crippen molar-refractivity contribution in [3.8, 4) is 0 Å². The summed E-state index contributed by atoms with van der Waals surface area (Å²) in [6, 6.07) is 15.7. The predicted molar refractivity (Wildman–Crippen MR) is 77.8 cm³/mol. The summed E-state index contributed by atoms with van der Waals surface area (Å²) in [4.78, 5) is 12.3. The summed E-state index contributed by atoms with van der Waals surface area (Å²) >= 11 is 5.88. The third-order valence-corrected chi connectivity index (χ3v) is 4.01. The van der Waals surface area contributed by atoms with Crippen LogP contribution in [-0.2, 0) is 0 Å². The van der Waals surface area contributed by atoms with Crippen LogP contribution in [0.3, 0.4) is 0 Å². The summed E-state index contributed by atoms with van der Waals surface area (Å²) in [6.45, 7) is 2.03. The smallest absolute Gasteiger partial charge is 0.166 e. The van der Waals surface area contributed by atoms with Crippen molar-refractivity contribution in [1.29, 1.82) is 0 Å². The third kappa shape index (κ3) is 2.57. The summed E-state index contributed by atoms with van der Waals surface area (Å²) in [6.07, 6.45) is 0.953. The first kappa shape index (κ1) is 12.4. The van der Waals surface area contributed by atoms with E-state index in [-0.39, 0.29) is 11.7 Å². The number of hydrogen-bond donors (Lipinski definition) is 0. The van der Waals surface area contributed by atoms with Gasteiger partial charge in [-0.1, -0.05) is 53.6 Å². The maximum atomic E-state index is 12.3. The van der Waals surface area contributed by atoms with Crippen molar-refractivity contribution in [3.05, 3.63) is 70.2 Å². The molecule has 1 fully saturated rings. The van der Waals surface area contributed by atoms with Gasteiger partial charge in [0.15, 0.2) is 5.78 Å². The van der Waals surface area contributed by atoms with Crippen LogP contribution in [0.4, 0.5) is 0 Å². The standard InChI is InChI=1S/C17H15ClO/c1-11-2-4-13(5-3-11)17(19)16-10-15(16)12-6-8-14(18)9-7-12/h2-9,15-16H,10H2,1H3. The van der Waals surface area contributed by atoms with Crippen LogP contribution < -0.4 is 0 Å². The van der Waals surface area contributed by atoms with Crippen LogP contribution in [0.15, 0.2) is 48.5 Å². The molecule has 0 N–H and O–H groups in total. The minimum atomic E-state index is 0.142. The van der Waals surface area contributed by atoms with Crippen LogP contribution in [-0.4, -0.2) is 5.78 Å². The Balaban J connectivity index is 1.74. The fourth-order valence-corrected chi connectivity index (χ4v) is 2.62. The lowest BCUT2D eigenvalue weighted by molar-refractivity contribution is 0.0965. The monoisotopic (exact) mass is 270 g/mol. The molecule has 2 unspecified atom stereocenters. The molecule has 2 atom stereocenters. The van der Waals surface area contributed by atoms with Crippen LogP contribution in [0.1, 0.15) is 33.8 Å². The topological polar surface area (TPSA) is 17.1 Å². The Morgan fingerprint density at radius 2 is 1.68 bits per heavy atom. The molecule has 1 aliphatic rings. The number of benzene rings is 2. The first-order valence-corrected chi connectivity index (χ1v) is 6.89. The average molecular weight is 271 g/mol. The number of carbonyl (C=O) groups is 1. The van der Waals surface area contributed by atoms with Crippen LogP contribution in [0.25, 0.3) is 0 Å². The minimum absolute atomic E-state index is 0.142. The fourth-order valence-electron chi connectivity index (χ4n) is 2.50. The molecule has 0 aliphatic heterocycles. The number of aryl methyl sites for hydroxylation is 1. The number of Topliss-reactive ketones (excluding diaryl/α,β-unsaturated/α-hetero) is 1. The van der Waals surface area contributed by atoms with Gasteiger partial charge in [-0.2, -0.15) is 0 Å². The van der Waals surface area contributed by atoms with E-state index >= 15 is 0 Å². The zero-order valence-electron chi connectivity index (χ0n) is 10.8. The SMILES string of the molecule is Cc1ccc(C(=O)C2CC2c2ccc(Cl)cc2)cc1. The molecule has 2 aromatic rings. The van der Waals surface area contributed by atoms with Gasteiger partial charge in [-0.25, -0.2) is 0 Å². The Hall–Kier alpha value is -1.60. The molecular formula is C17H15ClO. The van der Waals surface area contributed by atoms with Gasteiger partial charge in [-0.15, -0.1) is 0 Å². The van der Waals surface area contributed by atoms with E-state index in [0.717, 1.165) is 17.0 Å². The zero-order valence-corrected chi connectivity index (χ0v) is 11.5. The minimum Gasteiger partial charge on any atom is -0.294 e. The van der Waals surface area contributed by atoms with Crippen molar-refractivity contribution in [2.24, 2.45) is 5.92 Å². The first-order chi connectivity index (χ1) is 9.15. The molecule has 1 nitrogen and oxygen atoms in total. The van der Waals surface area contributed by atoms with E-state index in [0.29, 0.717) is 5.92 Å². The molecule has 0 heterocycles. The summed E-state index contributed by atoms with van der Waals surface area (Å²) < 4.78 is 0. The van der Waals surface area contributed by atoms with Gasteiger partial charge in [0.25, 0.3) is 0 Å². The number of halogens is 1. The number of rotatable bonds is 3. The molecule has 2 aromatic carbocycles. The normalized spacial score (nSPS) is 21.2. The molecule has 19 heavy (non-hydrogen) atoms. The molecule has 0 amide bonds. The average Bonchev–Trinajstić information content (AvgIpc) is 3.20. The lowest BCUT2D eigenvalue weighted by Crippen LogP contribution is -2.03. The Kier molecular flexibility index (Phi) is 3.16. The van der Waals surface area contributed by atoms with Crippen LogP contribution in [0, 0.1) is 12.8 Å². The van der Waals surface area contributed by atoms with Crippen molar-refractivity contribution in [3.63, 3.8) is 0 Å². The van der Waals surface area contributed by atoms with Crippen LogP contribution >= 0.6 is 11.6 Å². The van der Waals surface area contributed by atoms with E-state index < -0.39 is 0 Å². The Labute approximate surface area is 118 Å². The second kappa shape index (κ2) is 4.82. The molecule has 0 bridgehead atoms. The van der Waals surface area contributed by atoms with Gasteiger partial charge in [0.05, 0.1) is 0 Å². The third-order valence-electron chi connectivity index (χ3n) is 3.76. The van der Waals surface area contributed by atoms with E-state index in [9.17, 15) is 4.79 Å². The van der Waals surface area contributed by atoms with Crippen LogP contribution in [0.5, 0.6) is 0 Å². The zero-order chi connectivity index (χ0) is 13.4. The summed E-state index contributed by atoms with van der Waals surface area (Å²) in [5, 5.41) is 0.741. The lowest BCUT2D eigenvalue weighted by Gasteiger charge is -2.02. The maximum Gasteiger partial charge on any atom is 0.166 e. The van der Waals surface area contributed by atoms with Crippen molar-refractivity contribution < 1.29 is 4.79 Å². The highest BCUT2D eigenvalue weighted by Crippen LogP contribution is 2.49. The van der Waals surface area contributed by atoms with Gasteiger partial charge >= 0.3 is 0 Å². The van der Waals surface area contributed by atoms with E-state index in [2.05, 4.69) is 0 Å². The van der Waals surface area contributed by atoms with Crippen LogP contribution in [0.2, 0.25) is 5.02 Å². The second-order valence-electron chi connectivity index (χ2n) is 5.23. The maximum absolute atomic E-state index is 12.3. The summed E-state index contributed by atoms with van der Waals surface area (Å²) in [5.74, 6) is 0.773. The molecule has 0 saturated heterocycles. The molecule has 96 valence electrons. The molecule has 1 saturated carbocycles. The highest BCUT2D eigenvalue weighted by molar-refractivity contribution is 6.30. The molecular weight excluding hydrogens is 256 g/mol. The molecule has 0 spiro atoms. The second-order valence-corrected chi connectivity index (χ2v) is 5.67. The predicted octanol–water partition coefficient (Wildman–Crippen LogP) is 4.63. The van der Waals surface area contributed by atoms with E-state index in [4.69, 9.17) is 11.6 Å². The fraction of sp³-hybridized carbons (Fsp3) is 0.235. The lowest BCUT2D eigenvalue weighted by atomic mass is 10.0. The first-order valence-electron chi connectivity index (χ1n) is 6.51. The molecule has 0 aromatic heterocycles. The number of ketones is 1. The quantitative estimate of drug-likeness (QED) is 0.743. The van der Waals surface area contributed by atoms with E-state index in [1.54, 1.807) is 0 Å². The summed E-state index contributed by atoms with van der Waals surface area (Å²) in [7, 11) is 0. The van der Waals surface area contributed by atoms with E-state index in [1.165, 1.54) is 11.1 Å². The molecule has 1 aliphatic carbocycles. The van der Waals surface area contributed by atoms with Crippen molar-refractivity contribution in [2.75, 3.05) is 0 Å². The van der Waals surface area contributed by atoms with Gasteiger partial charge in [0.1, 0.15) is 0 Å². The largest absolute Gasteiger partial charge is 0.294 e. The van der Waals surface area contributed by atoms with Gasteiger partial charge in [0.2, 0.25) is 0 Å². The Morgan fingerprint density at radius 1 is 1.05 bits per heavy atom. The van der Waals surface area contributed by atoms with Gasteiger partial charge in [-0.3, -0.25) is 4.79 Å². The van der Waals surface area contributed by atoms with Gasteiger partial charge < -0.3 is 0 Å². The highest BCUT2D eigenvalue weighted by Gasteiger charge is 2.43. The number of hydrogen-bond acceptors (Lipinski definition) is 1. The highest BCUT2D eigenvalue weighted by atomic mass is 35.5. The summed E-state index contributed by atoms with van der Waals surface area (Å²) in [5.41, 5.74) is 3.23. The number of carbonyl (C=O) groups excluding carboxylic acids is 1. The van der Waals surface area contributed by atoms with Crippen molar-refractivity contribution in [2.45, 2.75) is 19.3 Å². The van der Waals surface area contributed by atoms with Gasteiger partial charge in [-0.05, 0) is 37.0 Å². The van der Waals surface area contributed by atoms with Crippen molar-refractivity contribution >= 4 is 17.4 Å². The Bertz CT molecular complexity index is 598. The molecule has 3 rings (SSSR count). The van der Waals surface area contributed by atoms with E-state index in [1.807, 2.05) is 55.5 Å². The van der Waals surface area contributed by atoms with Gasteiger partial charge in [0, 0.05) is 16.5 Å². The Morgan fingerprint density at radius 3 is 2.32 bits per heavy atom. The van der Waals surface area contributed by atoms with Crippen molar-refractivity contribution in [1.82, 2.24) is 0 Å². The molecule has 2 heteroatoms.